The average molecular weight is 231 g/mol. The SMILES string of the molecule is CN(Cc1cccnc1)Cc1cc(CN)co1. The van der Waals surface area contributed by atoms with E-state index in [-0.39, 0.29) is 0 Å². The minimum Gasteiger partial charge on any atom is -0.468 e. The molecule has 4 nitrogen and oxygen atoms in total. The summed E-state index contributed by atoms with van der Waals surface area (Å²) < 4.78 is 5.43. The van der Waals surface area contributed by atoms with E-state index in [1.165, 1.54) is 5.56 Å². The maximum atomic E-state index is 5.54. The van der Waals surface area contributed by atoms with E-state index in [1.54, 1.807) is 12.5 Å². The van der Waals surface area contributed by atoms with Crippen LogP contribution in [0, 0.1) is 0 Å². The van der Waals surface area contributed by atoms with Gasteiger partial charge in [-0.3, -0.25) is 9.88 Å². The van der Waals surface area contributed by atoms with Crippen molar-refractivity contribution in [1.82, 2.24) is 9.88 Å². The summed E-state index contributed by atoms with van der Waals surface area (Å²) in [7, 11) is 2.05. The Labute approximate surface area is 101 Å². The molecule has 17 heavy (non-hydrogen) atoms. The van der Waals surface area contributed by atoms with Crippen LogP contribution in [-0.2, 0) is 19.6 Å². The largest absolute Gasteiger partial charge is 0.468 e. The van der Waals surface area contributed by atoms with Gasteiger partial charge < -0.3 is 10.2 Å². The lowest BCUT2D eigenvalue weighted by Gasteiger charge is -2.14. The Balaban J connectivity index is 1.91. The molecule has 0 fully saturated rings. The molecule has 0 aliphatic carbocycles. The Morgan fingerprint density at radius 1 is 1.35 bits per heavy atom. The summed E-state index contributed by atoms with van der Waals surface area (Å²) in [6.07, 6.45) is 5.38. The van der Waals surface area contributed by atoms with Gasteiger partial charge in [0.25, 0.3) is 0 Å². The minimum atomic E-state index is 0.524. The van der Waals surface area contributed by atoms with Crippen molar-refractivity contribution in [1.29, 1.82) is 0 Å². The maximum Gasteiger partial charge on any atom is 0.118 e. The number of nitrogens with two attached hydrogens (primary N) is 1. The molecule has 90 valence electrons. The van der Waals surface area contributed by atoms with Crippen LogP contribution in [0.25, 0.3) is 0 Å². The highest BCUT2D eigenvalue weighted by atomic mass is 16.3. The number of rotatable bonds is 5. The van der Waals surface area contributed by atoms with Gasteiger partial charge in [0, 0.05) is 31.0 Å². The Morgan fingerprint density at radius 3 is 2.88 bits per heavy atom. The first-order chi connectivity index (χ1) is 8.28. The summed E-state index contributed by atoms with van der Waals surface area (Å²) in [6.45, 7) is 2.15. The summed E-state index contributed by atoms with van der Waals surface area (Å²) in [5.41, 5.74) is 7.77. The molecule has 0 aromatic carbocycles. The number of aromatic nitrogens is 1. The minimum absolute atomic E-state index is 0.524. The molecule has 2 heterocycles. The van der Waals surface area contributed by atoms with Gasteiger partial charge in [0.1, 0.15) is 5.76 Å². The monoisotopic (exact) mass is 231 g/mol. The Kier molecular flexibility index (Phi) is 3.90. The van der Waals surface area contributed by atoms with E-state index in [0.29, 0.717) is 6.54 Å². The van der Waals surface area contributed by atoms with E-state index in [2.05, 4.69) is 23.0 Å². The van der Waals surface area contributed by atoms with Crippen LogP contribution < -0.4 is 5.73 Å². The third-order valence-electron chi connectivity index (χ3n) is 2.54. The van der Waals surface area contributed by atoms with Crippen molar-refractivity contribution >= 4 is 0 Å². The summed E-state index contributed by atoms with van der Waals surface area (Å²) in [4.78, 5) is 6.27. The number of pyridine rings is 1. The number of hydrogen-bond donors (Lipinski definition) is 1. The van der Waals surface area contributed by atoms with Crippen LogP contribution in [0.3, 0.4) is 0 Å². The Bertz CT molecular complexity index is 453. The van der Waals surface area contributed by atoms with Gasteiger partial charge >= 0.3 is 0 Å². The second kappa shape index (κ2) is 5.61. The van der Waals surface area contributed by atoms with Crippen molar-refractivity contribution in [2.45, 2.75) is 19.6 Å². The first kappa shape index (κ1) is 11.8. The predicted molar refractivity (Wildman–Crippen MR) is 66.0 cm³/mol. The molecule has 0 bridgehead atoms. The zero-order valence-corrected chi connectivity index (χ0v) is 9.97. The van der Waals surface area contributed by atoms with Crippen LogP contribution in [-0.4, -0.2) is 16.9 Å². The van der Waals surface area contributed by atoms with Gasteiger partial charge in [0.15, 0.2) is 0 Å². The van der Waals surface area contributed by atoms with Crippen LogP contribution in [0.2, 0.25) is 0 Å². The highest BCUT2D eigenvalue weighted by molar-refractivity contribution is 5.13. The van der Waals surface area contributed by atoms with E-state index >= 15 is 0 Å². The van der Waals surface area contributed by atoms with Gasteiger partial charge in [-0.15, -0.1) is 0 Å². The van der Waals surface area contributed by atoms with E-state index < -0.39 is 0 Å². The molecular formula is C13H17N3O. The standard InChI is InChI=1S/C13H17N3O/c1-16(8-11-3-2-4-15-7-11)9-13-5-12(6-14)10-17-13/h2-5,7,10H,6,8-9,14H2,1H3. The fourth-order valence-corrected chi connectivity index (χ4v) is 1.74. The third kappa shape index (κ3) is 3.41. The van der Waals surface area contributed by atoms with Crippen molar-refractivity contribution in [2.75, 3.05) is 7.05 Å². The molecule has 0 unspecified atom stereocenters. The second-order valence-electron chi connectivity index (χ2n) is 4.16. The van der Waals surface area contributed by atoms with Crippen LogP contribution in [0.1, 0.15) is 16.9 Å². The lowest BCUT2D eigenvalue weighted by atomic mass is 10.2. The second-order valence-corrected chi connectivity index (χ2v) is 4.16. The fraction of sp³-hybridized carbons (Fsp3) is 0.308. The lowest BCUT2D eigenvalue weighted by molar-refractivity contribution is 0.287. The van der Waals surface area contributed by atoms with Crippen LogP contribution in [0.5, 0.6) is 0 Å². The number of nitrogens with zero attached hydrogens (tertiary/aromatic N) is 2. The van der Waals surface area contributed by atoms with Crippen molar-refractivity contribution in [3.63, 3.8) is 0 Å². The van der Waals surface area contributed by atoms with Crippen molar-refractivity contribution < 1.29 is 4.42 Å². The van der Waals surface area contributed by atoms with Gasteiger partial charge in [-0.2, -0.15) is 0 Å². The molecule has 0 saturated carbocycles. The molecule has 0 radical (unpaired) electrons. The van der Waals surface area contributed by atoms with Crippen molar-refractivity contribution in [3.8, 4) is 0 Å². The predicted octanol–water partition coefficient (Wildman–Crippen LogP) is 1.77. The van der Waals surface area contributed by atoms with E-state index in [9.17, 15) is 0 Å². The van der Waals surface area contributed by atoms with E-state index in [4.69, 9.17) is 10.2 Å². The van der Waals surface area contributed by atoms with Gasteiger partial charge in [0.05, 0.1) is 12.8 Å². The lowest BCUT2D eigenvalue weighted by Crippen LogP contribution is -2.16. The molecule has 2 aromatic heterocycles. The van der Waals surface area contributed by atoms with Gasteiger partial charge in [-0.05, 0) is 24.7 Å². The summed E-state index contributed by atoms with van der Waals surface area (Å²) in [6, 6.07) is 6.01. The highest BCUT2D eigenvalue weighted by Gasteiger charge is 2.05. The van der Waals surface area contributed by atoms with Crippen molar-refractivity contribution in [3.05, 3.63) is 53.7 Å². The third-order valence-corrected chi connectivity index (χ3v) is 2.54. The summed E-state index contributed by atoms with van der Waals surface area (Å²) in [5, 5.41) is 0. The maximum absolute atomic E-state index is 5.54. The molecule has 0 amide bonds. The molecule has 2 N–H and O–H groups in total. The van der Waals surface area contributed by atoms with Crippen LogP contribution >= 0.6 is 0 Å². The van der Waals surface area contributed by atoms with Crippen LogP contribution in [0.15, 0.2) is 41.3 Å². The van der Waals surface area contributed by atoms with E-state index in [0.717, 1.165) is 24.4 Å². The molecule has 4 heteroatoms. The molecule has 0 aliphatic heterocycles. The number of hydrogen-bond acceptors (Lipinski definition) is 4. The topological polar surface area (TPSA) is 55.3 Å². The van der Waals surface area contributed by atoms with E-state index in [1.807, 2.05) is 18.3 Å². The first-order valence-corrected chi connectivity index (χ1v) is 5.61. The smallest absolute Gasteiger partial charge is 0.118 e. The molecule has 0 aliphatic rings. The zero-order valence-electron chi connectivity index (χ0n) is 9.97. The normalized spacial score (nSPS) is 11.0. The highest BCUT2D eigenvalue weighted by Crippen LogP contribution is 2.11. The molecule has 0 atom stereocenters. The zero-order chi connectivity index (χ0) is 12.1. The van der Waals surface area contributed by atoms with Gasteiger partial charge in [-0.1, -0.05) is 6.07 Å². The Morgan fingerprint density at radius 2 is 2.24 bits per heavy atom. The van der Waals surface area contributed by atoms with Crippen LogP contribution in [0.4, 0.5) is 0 Å². The molecule has 0 saturated heterocycles. The van der Waals surface area contributed by atoms with Crippen molar-refractivity contribution in [2.24, 2.45) is 5.73 Å². The number of furan rings is 1. The molecular weight excluding hydrogens is 214 g/mol. The fourth-order valence-electron chi connectivity index (χ4n) is 1.74. The first-order valence-electron chi connectivity index (χ1n) is 5.61. The molecule has 2 aromatic rings. The molecule has 2 rings (SSSR count). The Hall–Kier alpha value is -1.65. The average Bonchev–Trinajstić information content (AvgIpc) is 2.78. The molecule has 0 spiro atoms. The summed E-state index contributed by atoms with van der Waals surface area (Å²) >= 11 is 0. The van der Waals surface area contributed by atoms with Gasteiger partial charge in [-0.25, -0.2) is 0 Å². The quantitative estimate of drug-likeness (QED) is 0.852. The van der Waals surface area contributed by atoms with Gasteiger partial charge in [0.2, 0.25) is 0 Å². The summed E-state index contributed by atoms with van der Waals surface area (Å²) in [5.74, 6) is 0.942.